The van der Waals surface area contributed by atoms with Crippen LogP contribution in [0.3, 0.4) is 0 Å². The average molecular weight is 235 g/mol. The molecule has 5 nitrogen and oxygen atoms in total. The number of amides is 1. The molecule has 0 aromatic carbocycles. The Morgan fingerprint density at radius 1 is 1.65 bits per heavy atom. The van der Waals surface area contributed by atoms with Crippen LogP contribution in [0.15, 0.2) is 18.2 Å². The number of hydrogen-bond acceptors (Lipinski definition) is 4. The molecule has 5 heteroatoms. The van der Waals surface area contributed by atoms with Crippen molar-refractivity contribution < 1.29 is 9.53 Å². The van der Waals surface area contributed by atoms with Crippen LogP contribution in [0.2, 0.25) is 0 Å². The van der Waals surface area contributed by atoms with Crippen molar-refractivity contribution in [2.45, 2.75) is 13.0 Å². The lowest BCUT2D eigenvalue weighted by Gasteiger charge is -2.09. The van der Waals surface area contributed by atoms with E-state index in [2.05, 4.69) is 15.6 Å². The van der Waals surface area contributed by atoms with Crippen molar-refractivity contribution in [3.05, 3.63) is 23.9 Å². The zero-order valence-electron chi connectivity index (χ0n) is 9.90. The molecule has 2 N–H and O–H groups in total. The fourth-order valence-corrected chi connectivity index (χ4v) is 1.87. The molecule has 1 saturated heterocycles. The van der Waals surface area contributed by atoms with Gasteiger partial charge in [0.2, 0.25) is 11.8 Å². The monoisotopic (exact) mass is 235 g/mol. The zero-order valence-corrected chi connectivity index (χ0v) is 9.90. The fourth-order valence-electron chi connectivity index (χ4n) is 1.87. The van der Waals surface area contributed by atoms with Crippen molar-refractivity contribution >= 4 is 5.91 Å². The van der Waals surface area contributed by atoms with Gasteiger partial charge in [-0.1, -0.05) is 6.07 Å². The summed E-state index contributed by atoms with van der Waals surface area (Å²) in [5.41, 5.74) is 0.809. The van der Waals surface area contributed by atoms with Crippen LogP contribution in [0.25, 0.3) is 0 Å². The summed E-state index contributed by atoms with van der Waals surface area (Å²) in [6.45, 7) is 2.15. The number of methoxy groups -OCH3 is 1. The van der Waals surface area contributed by atoms with Gasteiger partial charge in [0.15, 0.2) is 0 Å². The minimum Gasteiger partial charge on any atom is -0.481 e. The Hall–Kier alpha value is -1.62. The van der Waals surface area contributed by atoms with Crippen LogP contribution in [0.5, 0.6) is 5.88 Å². The van der Waals surface area contributed by atoms with Crippen LogP contribution >= 0.6 is 0 Å². The van der Waals surface area contributed by atoms with Crippen molar-refractivity contribution in [3.63, 3.8) is 0 Å². The van der Waals surface area contributed by atoms with Crippen LogP contribution in [-0.2, 0) is 11.3 Å². The Bertz CT molecular complexity index is 389. The minimum atomic E-state index is 0.0969. The molecule has 2 heterocycles. The normalized spacial score (nSPS) is 19.0. The first-order chi connectivity index (χ1) is 8.29. The quantitative estimate of drug-likeness (QED) is 0.788. The summed E-state index contributed by atoms with van der Waals surface area (Å²) in [6.07, 6.45) is 0.914. The van der Waals surface area contributed by atoms with Gasteiger partial charge in [0.25, 0.3) is 0 Å². The molecule has 0 spiro atoms. The van der Waals surface area contributed by atoms with E-state index < -0.39 is 0 Å². The Balaban J connectivity index is 1.86. The number of carbonyl (C=O) groups is 1. The SMILES string of the molecule is COc1cccc(CNC(=O)C2CCNC2)n1. The lowest BCUT2D eigenvalue weighted by molar-refractivity contribution is -0.124. The minimum absolute atomic E-state index is 0.0969. The molecule has 1 aromatic heterocycles. The smallest absolute Gasteiger partial charge is 0.224 e. The molecular formula is C12H17N3O2. The second kappa shape index (κ2) is 5.63. The molecule has 0 radical (unpaired) electrons. The molecule has 1 aliphatic heterocycles. The van der Waals surface area contributed by atoms with Gasteiger partial charge in [0.1, 0.15) is 0 Å². The third-order valence-electron chi connectivity index (χ3n) is 2.87. The van der Waals surface area contributed by atoms with Crippen LogP contribution in [0.1, 0.15) is 12.1 Å². The van der Waals surface area contributed by atoms with Gasteiger partial charge in [-0.15, -0.1) is 0 Å². The molecule has 1 atom stereocenters. The van der Waals surface area contributed by atoms with Crippen molar-refractivity contribution in [1.82, 2.24) is 15.6 Å². The molecule has 0 saturated carbocycles. The van der Waals surface area contributed by atoms with Gasteiger partial charge in [-0.2, -0.15) is 0 Å². The Kier molecular flexibility index (Phi) is 3.93. The summed E-state index contributed by atoms with van der Waals surface area (Å²) < 4.78 is 5.03. The molecule has 17 heavy (non-hydrogen) atoms. The van der Waals surface area contributed by atoms with Crippen molar-refractivity contribution in [1.29, 1.82) is 0 Å². The summed E-state index contributed by atoms with van der Waals surface area (Å²) in [6, 6.07) is 5.52. The van der Waals surface area contributed by atoms with Crippen LogP contribution < -0.4 is 15.4 Å². The number of ether oxygens (including phenoxy) is 1. The Morgan fingerprint density at radius 2 is 2.53 bits per heavy atom. The molecule has 1 aliphatic rings. The van der Waals surface area contributed by atoms with E-state index in [1.54, 1.807) is 13.2 Å². The second-order valence-electron chi connectivity index (χ2n) is 4.08. The maximum atomic E-state index is 11.8. The second-order valence-corrected chi connectivity index (χ2v) is 4.08. The number of rotatable bonds is 4. The summed E-state index contributed by atoms with van der Waals surface area (Å²) >= 11 is 0. The number of aromatic nitrogens is 1. The average Bonchev–Trinajstić information content (AvgIpc) is 2.90. The lowest BCUT2D eigenvalue weighted by atomic mass is 10.1. The number of pyridine rings is 1. The van der Waals surface area contributed by atoms with Crippen molar-refractivity contribution in [2.24, 2.45) is 5.92 Å². The number of hydrogen-bond donors (Lipinski definition) is 2. The van der Waals surface area contributed by atoms with Gasteiger partial charge in [-0.3, -0.25) is 4.79 Å². The van der Waals surface area contributed by atoms with Crippen LogP contribution in [0, 0.1) is 5.92 Å². The predicted octanol–water partition coefficient (Wildman–Crippen LogP) is 0.316. The maximum absolute atomic E-state index is 11.8. The first-order valence-corrected chi connectivity index (χ1v) is 5.78. The summed E-state index contributed by atoms with van der Waals surface area (Å²) in [4.78, 5) is 16.0. The topological polar surface area (TPSA) is 63.2 Å². The molecule has 1 unspecified atom stereocenters. The van der Waals surface area contributed by atoms with E-state index in [1.807, 2.05) is 12.1 Å². The molecule has 1 fully saturated rings. The van der Waals surface area contributed by atoms with Crippen molar-refractivity contribution in [2.75, 3.05) is 20.2 Å². The predicted molar refractivity (Wildman–Crippen MR) is 63.6 cm³/mol. The summed E-state index contributed by atoms with van der Waals surface area (Å²) in [5.74, 6) is 0.763. The highest BCUT2D eigenvalue weighted by molar-refractivity contribution is 5.79. The van der Waals surface area contributed by atoms with Crippen LogP contribution in [0.4, 0.5) is 0 Å². The molecule has 2 rings (SSSR count). The largest absolute Gasteiger partial charge is 0.481 e. The van der Waals surface area contributed by atoms with Gasteiger partial charge < -0.3 is 15.4 Å². The maximum Gasteiger partial charge on any atom is 0.224 e. The standard InChI is InChI=1S/C12H17N3O2/c1-17-11-4-2-3-10(15-11)8-14-12(16)9-5-6-13-7-9/h2-4,9,13H,5-8H2,1H3,(H,14,16). The van der Waals surface area contributed by atoms with E-state index in [4.69, 9.17) is 4.74 Å². The first kappa shape index (κ1) is 11.9. The van der Waals surface area contributed by atoms with E-state index in [-0.39, 0.29) is 11.8 Å². The summed E-state index contributed by atoms with van der Waals surface area (Å²) in [5, 5.41) is 6.07. The van der Waals surface area contributed by atoms with Gasteiger partial charge >= 0.3 is 0 Å². The highest BCUT2D eigenvalue weighted by atomic mass is 16.5. The molecule has 92 valence electrons. The molecule has 0 aliphatic carbocycles. The van der Waals surface area contributed by atoms with Gasteiger partial charge in [-0.05, 0) is 19.0 Å². The number of carbonyl (C=O) groups excluding carboxylic acids is 1. The third kappa shape index (κ3) is 3.17. The highest BCUT2D eigenvalue weighted by Crippen LogP contribution is 2.09. The number of nitrogens with one attached hydrogen (secondary N) is 2. The number of nitrogens with zero attached hydrogens (tertiary/aromatic N) is 1. The Morgan fingerprint density at radius 3 is 3.24 bits per heavy atom. The van der Waals surface area contributed by atoms with E-state index >= 15 is 0 Å². The third-order valence-corrected chi connectivity index (χ3v) is 2.87. The Labute approximate surface area is 101 Å². The van der Waals surface area contributed by atoms with Crippen molar-refractivity contribution in [3.8, 4) is 5.88 Å². The zero-order chi connectivity index (χ0) is 12.1. The van der Waals surface area contributed by atoms with E-state index in [0.29, 0.717) is 12.4 Å². The molecule has 1 aromatic rings. The first-order valence-electron chi connectivity index (χ1n) is 5.78. The van der Waals surface area contributed by atoms with E-state index in [1.165, 1.54) is 0 Å². The van der Waals surface area contributed by atoms with Gasteiger partial charge in [0, 0.05) is 12.6 Å². The molecule has 1 amide bonds. The van der Waals surface area contributed by atoms with Crippen LogP contribution in [-0.4, -0.2) is 31.1 Å². The fraction of sp³-hybridized carbons (Fsp3) is 0.500. The highest BCUT2D eigenvalue weighted by Gasteiger charge is 2.21. The summed E-state index contributed by atoms with van der Waals surface area (Å²) in [7, 11) is 1.58. The van der Waals surface area contributed by atoms with Gasteiger partial charge in [-0.25, -0.2) is 4.98 Å². The molecule has 0 bridgehead atoms. The van der Waals surface area contributed by atoms with Gasteiger partial charge in [0.05, 0.1) is 25.3 Å². The lowest BCUT2D eigenvalue weighted by Crippen LogP contribution is -2.31. The van der Waals surface area contributed by atoms with E-state index in [9.17, 15) is 4.79 Å². The molecular weight excluding hydrogens is 218 g/mol. The van der Waals surface area contributed by atoms with E-state index in [0.717, 1.165) is 25.2 Å².